The second-order valence-corrected chi connectivity index (χ2v) is 8.23. The summed E-state index contributed by atoms with van der Waals surface area (Å²) in [7, 11) is 0. The molecule has 1 aliphatic heterocycles. The van der Waals surface area contributed by atoms with Crippen molar-refractivity contribution in [3.8, 4) is 0 Å². The molecule has 0 bridgehead atoms. The average molecular weight is 285 g/mol. The van der Waals surface area contributed by atoms with Gasteiger partial charge in [-0.1, -0.05) is 43.6 Å². The summed E-state index contributed by atoms with van der Waals surface area (Å²) < 4.78 is 1.54. The van der Waals surface area contributed by atoms with E-state index in [9.17, 15) is 0 Å². The van der Waals surface area contributed by atoms with Gasteiger partial charge in [0.1, 0.15) is 0 Å². The van der Waals surface area contributed by atoms with Crippen molar-refractivity contribution in [1.29, 1.82) is 0 Å². The zero-order chi connectivity index (χ0) is 11.3. The van der Waals surface area contributed by atoms with Crippen molar-refractivity contribution in [2.24, 2.45) is 0 Å². The van der Waals surface area contributed by atoms with Gasteiger partial charge in [-0.05, 0) is 35.6 Å². The van der Waals surface area contributed by atoms with Crippen molar-refractivity contribution >= 4 is 27.7 Å². The van der Waals surface area contributed by atoms with Crippen LogP contribution in [0.5, 0.6) is 0 Å². The van der Waals surface area contributed by atoms with E-state index < -0.39 is 0 Å². The van der Waals surface area contributed by atoms with Crippen LogP contribution in [0, 0.1) is 0 Å². The summed E-state index contributed by atoms with van der Waals surface area (Å²) in [6.07, 6.45) is 1.23. The van der Waals surface area contributed by atoms with Crippen molar-refractivity contribution in [1.82, 2.24) is 0 Å². The molecule has 0 nitrogen and oxygen atoms in total. The smallest absolute Gasteiger partial charge is 0.0179 e. The molecule has 0 spiro atoms. The molecule has 0 N–H and O–H groups in total. The number of hydrogen-bond donors (Lipinski definition) is 0. The highest BCUT2D eigenvalue weighted by molar-refractivity contribution is 9.10. The number of thioether (sulfide) groups is 1. The highest BCUT2D eigenvalue weighted by atomic mass is 79.9. The number of hydrogen-bond acceptors (Lipinski definition) is 1. The van der Waals surface area contributed by atoms with E-state index in [1.165, 1.54) is 21.4 Å². The average Bonchev–Trinajstić information content (AvgIpc) is 2.03. The van der Waals surface area contributed by atoms with Gasteiger partial charge in [-0.25, -0.2) is 0 Å². The largest absolute Gasteiger partial charge is 0.120 e. The molecule has 1 heterocycles. The molecule has 0 fully saturated rings. The molecule has 2 heteroatoms. The number of benzene rings is 1. The van der Waals surface area contributed by atoms with Crippen LogP contribution in [-0.4, -0.2) is 4.75 Å². The predicted molar refractivity (Wildman–Crippen MR) is 71.7 cm³/mol. The Morgan fingerprint density at radius 3 is 2.53 bits per heavy atom. The van der Waals surface area contributed by atoms with Crippen molar-refractivity contribution < 1.29 is 0 Å². The summed E-state index contributed by atoms with van der Waals surface area (Å²) in [6, 6.07) is 6.66. The molecule has 15 heavy (non-hydrogen) atoms. The molecular weight excluding hydrogens is 268 g/mol. The summed E-state index contributed by atoms with van der Waals surface area (Å²) in [6.45, 7) is 9.37. The Bertz CT molecular complexity index is 394. The minimum atomic E-state index is 0.286. The van der Waals surface area contributed by atoms with Gasteiger partial charge in [0.15, 0.2) is 0 Å². The Morgan fingerprint density at radius 1 is 1.20 bits per heavy atom. The van der Waals surface area contributed by atoms with Crippen LogP contribution >= 0.6 is 27.7 Å². The maximum atomic E-state index is 3.56. The molecule has 2 rings (SSSR count). The van der Waals surface area contributed by atoms with Crippen LogP contribution < -0.4 is 0 Å². The van der Waals surface area contributed by atoms with Crippen LogP contribution in [-0.2, 0) is 5.41 Å². The molecule has 0 saturated heterocycles. The van der Waals surface area contributed by atoms with E-state index in [1.807, 2.05) is 11.8 Å². The van der Waals surface area contributed by atoms with E-state index in [1.54, 1.807) is 0 Å². The minimum Gasteiger partial charge on any atom is -0.120 e. The molecule has 0 amide bonds. The normalized spacial score (nSPS) is 22.2. The van der Waals surface area contributed by atoms with Crippen molar-refractivity contribution in [3.63, 3.8) is 0 Å². The van der Waals surface area contributed by atoms with Gasteiger partial charge in [0.25, 0.3) is 0 Å². The first-order valence-electron chi connectivity index (χ1n) is 5.29. The predicted octanol–water partition coefficient (Wildman–Crippen LogP) is 5.00. The molecule has 0 aliphatic carbocycles. The fourth-order valence-corrected chi connectivity index (χ4v) is 4.58. The first-order valence-corrected chi connectivity index (χ1v) is 6.90. The fourth-order valence-electron chi connectivity index (χ4n) is 2.61. The second-order valence-electron chi connectivity index (χ2n) is 5.56. The summed E-state index contributed by atoms with van der Waals surface area (Å²) in [5, 5.41) is 0. The van der Waals surface area contributed by atoms with E-state index >= 15 is 0 Å². The first-order chi connectivity index (χ1) is 6.80. The van der Waals surface area contributed by atoms with Gasteiger partial charge < -0.3 is 0 Å². The zero-order valence-corrected chi connectivity index (χ0v) is 12.1. The van der Waals surface area contributed by atoms with E-state index in [4.69, 9.17) is 0 Å². The van der Waals surface area contributed by atoms with E-state index in [-0.39, 0.29) is 5.41 Å². The number of halogens is 1. The summed E-state index contributed by atoms with van der Waals surface area (Å²) in [5.74, 6) is 0. The topological polar surface area (TPSA) is 0 Å². The maximum absolute atomic E-state index is 3.56. The van der Waals surface area contributed by atoms with Crippen LogP contribution in [0.3, 0.4) is 0 Å². The fraction of sp³-hybridized carbons (Fsp3) is 0.538. The monoisotopic (exact) mass is 284 g/mol. The molecule has 1 aliphatic rings. The number of rotatable bonds is 0. The molecule has 0 unspecified atom stereocenters. The van der Waals surface area contributed by atoms with Crippen LogP contribution in [0.4, 0.5) is 0 Å². The van der Waals surface area contributed by atoms with E-state index in [0.29, 0.717) is 4.75 Å². The Kier molecular flexibility index (Phi) is 2.71. The Balaban J connectivity index is 2.55. The molecule has 82 valence electrons. The lowest BCUT2D eigenvalue weighted by Gasteiger charge is -2.41. The molecule has 0 radical (unpaired) electrons. The van der Waals surface area contributed by atoms with Crippen molar-refractivity contribution in [2.45, 2.75) is 49.2 Å². The Morgan fingerprint density at radius 2 is 1.87 bits per heavy atom. The molecule has 0 atom stereocenters. The minimum absolute atomic E-state index is 0.286. The maximum Gasteiger partial charge on any atom is 0.0179 e. The highest BCUT2D eigenvalue weighted by Gasteiger charge is 2.37. The molecule has 1 aromatic carbocycles. The molecule has 0 aromatic heterocycles. The van der Waals surface area contributed by atoms with Gasteiger partial charge in [-0.3, -0.25) is 0 Å². The Hall–Kier alpha value is 0.0500. The standard InChI is InChI=1S/C13H17BrS/c1-12(2)8-13(3,4)15-11-6-5-9(14)7-10(11)12/h5-7H,8H2,1-4H3. The second kappa shape index (κ2) is 3.53. The van der Waals surface area contributed by atoms with Crippen molar-refractivity contribution in [2.75, 3.05) is 0 Å². The quantitative estimate of drug-likeness (QED) is 0.646. The van der Waals surface area contributed by atoms with Crippen LogP contribution in [0.15, 0.2) is 27.6 Å². The SMILES string of the molecule is CC1(C)CC(C)(C)c2cc(Br)ccc2S1. The summed E-state index contributed by atoms with van der Waals surface area (Å²) in [5.41, 5.74) is 1.77. The van der Waals surface area contributed by atoms with Gasteiger partial charge in [-0.2, -0.15) is 0 Å². The molecule has 0 saturated carbocycles. The molecule has 1 aromatic rings. The van der Waals surface area contributed by atoms with Crippen LogP contribution in [0.2, 0.25) is 0 Å². The van der Waals surface area contributed by atoms with Gasteiger partial charge in [0, 0.05) is 14.1 Å². The van der Waals surface area contributed by atoms with Crippen LogP contribution in [0.25, 0.3) is 0 Å². The lowest BCUT2D eigenvalue weighted by Crippen LogP contribution is -2.33. The summed E-state index contributed by atoms with van der Waals surface area (Å²) in [4.78, 5) is 1.44. The summed E-state index contributed by atoms with van der Waals surface area (Å²) >= 11 is 5.57. The third-order valence-electron chi connectivity index (χ3n) is 2.92. The first kappa shape index (κ1) is 11.5. The third-order valence-corrected chi connectivity index (χ3v) is 4.69. The van der Waals surface area contributed by atoms with Gasteiger partial charge in [0.05, 0.1) is 0 Å². The van der Waals surface area contributed by atoms with Crippen LogP contribution in [0.1, 0.15) is 39.7 Å². The van der Waals surface area contributed by atoms with E-state index in [0.717, 1.165) is 0 Å². The lowest BCUT2D eigenvalue weighted by molar-refractivity contribution is 0.408. The van der Waals surface area contributed by atoms with E-state index in [2.05, 4.69) is 61.8 Å². The highest BCUT2D eigenvalue weighted by Crippen LogP contribution is 2.51. The zero-order valence-electron chi connectivity index (χ0n) is 9.73. The number of fused-ring (bicyclic) bond motifs is 1. The van der Waals surface area contributed by atoms with Crippen molar-refractivity contribution in [3.05, 3.63) is 28.2 Å². The third kappa shape index (κ3) is 2.26. The van der Waals surface area contributed by atoms with Gasteiger partial charge in [-0.15, -0.1) is 11.8 Å². The molecular formula is C13H17BrS. The van der Waals surface area contributed by atoms with Gasteiger partial charge >= 0.3 is 0 Å². The Labute approximate surface area is 105 Å². The lowest BCUT2D eigenvalue weighted by atomic mass is 9.77. The van der Waals surface area contributed by atoms with Gasteiger partial charge in [0.2, 0.25) is 0 Å².